The zero-order chi connectivity index (χ0) is 9.68. The summed E-state index contributed by atoms with van der Waals surface area (Å²) in [7, 11) is 1.76. The molecule has 2 N–H and O–H groups in total. The van der Waals surface area contributed by atoms with Crippen LogP contribution in [0.2, 0.25) is 0 Å². The van der Waals surface area contributed by atoms with E-state index in [1.54, 1.807) is 7.11 Å². The summed E-state index contributed by atoms with van der Waals surface area (Å²) >= 11 is 0. The molecule has 0 bridgehead atoms. The summed E-state index contributed by atoms with van der Waals surface area (Å²) in [4.78, 5) is 2.50. The Balaban J connectivity index is 2.26. The van der Waals surface area contributed by atoms with E-state index < -0.39 is 0 Å². The van der Waals surface area contributed by atoms with Crippen molar-refractivity contribution in [2.45, 2.75) is 25.8 Å². The van der Waals surface area contributed by atoms with Crippen LogP contribution in [-0.4, -0.2) is 44.3 Å². The first-order chi connectivity index (χ1) is 6.27. The molecule has 2 unspecified atom stereocenters. The van der Waals surface area contributed by atoms with Crippen LogP contribution in [-0.2, 0) is 4.74 Å². The molecule has 13 heavy (non-hydrogen) atoms. The highest BCUT2D eigenvalue weighted by atomic mass is 16.5. The molecule has 3 nitrogen and oxygen atoms in total. The van der Waals surface area contributed by atoms with E-state index in [-0.39, 0.29) is 0 Å². The molecule has 0 aromatic heterocycles. The minimum Gasteiger partial charge on any atom is -0.384 e. The van der Waals surface area contributed by atoms with Gasteiger partial charge in [0.15, 0.2) is 0 Å². The quantitative estimate of drug-likeness (QED) is 0.686. The fourth-order valence-corrected chi connectivity index (χ4v) is 2.14. The molecule has 1 fully saturated rings. The zero-order valence-electron chi connectivity index (χ0n) is 8.83. The second-order valence-corrected chi connectivity index (χ2v) is 4.09. The van der Waals surface area contributed by atoms with Crippen LogP contribution in [0.4, 0.5) is 0 Å². The molecule has 1 saturated heterocycles. The van der Waals surface area contributed by atoms with Crippen LogP contribution in [0.1, 0.15) is 19.8 Å². The van der Waals surface area contributed by atoms with Crippen molar-refractivity contribution >= 4 is 0 Å². The van der Waals surface area contributed by atoms with Gasteiger partial charge in [-0.15, -0.1) is 0 Å². The van der Waals surface area contributed by atoms with Gasteiger partial charge < -0.3 is 10.5 Å². The molecule has 1 aliphatic heterocycles. The van der Waals surface area contributed by atoms with Gasteiger partial charge >= 0.3 is 0 Å². The molecule has 78 valence electrons. The van der Waals surface area contributed by atoms with Crippen LogP contribution >= 0.6 is 0 Å². The number of ether oxygens (including phenoxy) is 1. The van der Waals surface area contributed by atoms with E-state index >= 15 is 0 Å². The van der Waals surface area contributed by atoms with Gasteiger partial charge in [0, 0.05) is 32.8 Å². The van der Waals surface area contributed by atoms with Gasteiger partial charge in [-0.25, -0.2) is 0 Å². The monoisotopic (exact) mass is 186 g/mol. The number of nitrogens with two attached hydrogens (primary N) is 1. The second kappa shape index (κ2) is 5.58. The Kier molecular flexibility index (Phi) is 4.70. The van der Waals surface area contributed by atoms with Crippen LogP contribution in [0.15, 0.2) is 0 Å². The van der Waals surface area contributed by atoms with Crippen LogP contribution in [0.25, 0.3) is 0 Å². The fourth-order valence-electron chi connectivity index (χ4n) is 2.14. The molecular weight excluding hydrogens is 164 g/mol. The van der Waals surface area contributed by atoms with Crippen LogP contribution < -0.4 is 5.73 Å². The fraction of sp³-hybridized carbons (Fsp3) is 1.00. The van der Waals surface area contributed by atoms with E-state index in [2.05, 4.69) is 11.8 Å². The van der Waals surface area contributed by atoms with E-state index in [1.165, 1.54) is 19.4 Å². The predicted octanol–water partition coefficient (Wildman–Crippen LogP) is 0.692. The maximum absolute atomic E-state index is 5.70. The van der Waals surface area contributed by atoms with Gasteiger partial charge in [0.1, 0.15) is 0 Å². The largest absolute Gasteiger partial charge is 0.384 e. The first kappa shape index (κ1) is 11.0. The third kappa shape index (κ3) is 3.25. The predicted molar refractivity (Wildman–Crippen MR) is 54.7 cm³/mol. The molecule has 2 atom stereocenters. The van der Waals surface area contributed by atoms with E-state index in [9.17, 15) is 0 Å². The summed E-state index contributed by atoms with van der Waals surface area (Å²) in [6.07, 6.45) is 2.58. The molecule has 3 heteroatoms. The molecule has 0 saturated carbocycles. The summed E-state index contributed by atoms with van der Waals surface area (Å²) in [5.74, 6) is 0.622. The number of hydrogen-bond donors (Lipinski definition) is 1. The Morgan fingerprint density at radius 1 is 1.62 bits per heavy atom. The van der Waals surface area contributed by atoms with Crippen LogP contribution in [0.5, 0.6) is 0 Å². The summed E-state index contributed by atoms with van der Waals surface area (Å²) in [5, 5.41) is 0. The van der Waals surface area contributed by atoms with E-state index in [4.69, 9.17) is 10.5 Å². The number of hydrogen-bond acceptors (Lipinski definition) is 3. The second-order valence-electron chi connectivity index (χ2n) is 4.09. The van der Waals surface area contributed by atoms with Crippen molar-refractivity contribution in [1.82, 2.24) is 4.90 Å². The lowest BCUT2D eigenvalue weighted by atomic mass is 10.1. The first-order valence-electron chi connectivity index (χ1n) is 5.21. The molecule has 0 spiro atoms. The van der Waals surface area contributed by atoms with Gasteiger partial charge in [0.25, 0.3) is 0 Å². The van der Waals surface area contributed by atoms with Crippen molar-refractivity contribution in [3.8, 4) is 0 Å². The Morgan fingerprint density at radius 2 is 2.38 bits per heavy atom. The van der Waals surface area contributed by atoms with Gasteiger partial charge in [-0.1, -0.05) is 6.92 Å². The van der Waals surface area contributed by atoms with Crippen molar-refractivity contribution in [1.29, 1.82) is 0 Å². The third-order valence-corrected chi connectivity index (χ3v) is 2.77. The highest BCUT2D eigenvalue weighted by Gasteiger charge is 2.23. The topological polar surface area (TPSA) is 38.5 Å². The van der Waals surface area contributed by atoms with Crippen molar-refractivity contribution in [2.75, 3.05) is 33.4 Å². The number of rotatable bonds is 5. The summed E-state index contributed by atoms with van der Waals surface area (Å²) in [5.41, 5.74) is 5.70. The summed E-state index contributed by atoms with van der Waals surface area (Å²) in [6.45, 7) is 6.24. The lowest BCUT2D eigenvalue weighted by Gasteiger charge is -2.26. The highest BCUT2D eigenvalue weighted by Crippen LogP contribution is 2.17. The Hall–Kier alpha value is -0.120. The minimum absolute atomic E-state index is 0.622. The lowest BCUT2D eigenvalue weighted by Crippen LogP contribution is -2.38. The molecule has 1 rings (SSSR count). The Morgan fingerprint density at radius 3 is 3.00 bits per heavy atom. The smallest absolute Gasteiger partial charge is 0.0500 e. The van der Waals surface area contributed by atoms with Crippen molar-refractivity contribution in [2.24, 2.45) is 11.7 Å². The average molecular weight is 186 g/mol. The van der Waals surface area contributed by atoms with Gasteiger partial charge in [-0.05, 0) is 25.3 Å². The van der Waals surface area contributed by atoms with Crippen molar-refractivity contribution < 1.29 is 4.74 Å². The minimum atomic E-state index is 0.622. The maximum Gasteiger partial charge on any atom is 0.0500 e. The normalized spacial score (nSPS) is 26.5. The third-order valence-electron chi connectivity index (χ3n) is 2.77. The van der Waals surface area contributed by atoms with E-state index in [1.807, 2.05) is 0 Å². The lowest BCUT2D eigenvalue weighted by molar-refractivity contribution is 0.125. The molecule has 0 amide bonds. The standard InChI is InChI=1S/C10H22N2O/c1-9(8-13-2)7-12-5-3-4-10(12)6-11/h9-10H,3-8,11H2,1-2H3. The Labute approximate surface area is 81.2 Å². The van der Waals surface area contributed by atoms with Crippen LogP contribution in [0, 0.1) is 5.92 Å². The summed E-state index contributed by atoms with van der Waals surface area (Å²) < 4.78 is 5.12. The molecule has 0 aromatic rings. The molecule has 0 aromatic carbocycles. The molecule has 0 radical (unpaired) electrons. The van der Waals surface area contributed by atoms with E-state index in [0.29, 0.717) is 12.0 Å². The number of methoxy groups -OCH3 is 1. The Bertz CT molecular complexity index is 141. The van der Waals surface area contributed by atoms with Gasteiger partial charge in [0.2, 0.25) is 0 Å². The van der Waals surface area contributed by atoms with Gasteiger partial charge in [-0.3, -0.25) is 4.90 Å². The maximum atomic E-state index is 5.70. The van der Waals surface area contributed by atoms with E-state index in [0.717, 1.165) is 19.7 Å². The average Bonchev–Trinajstić information content (AvgIpc) is 2.52. The molecule has 0 aliphatic carbocycles. The zero-order valence-corrected chi connectivity index (χ0v) is 8.83. The van der Waals surface area contributed by atoms with Crippen molar-refractivity contribution in [3.63, 3.8) is 0 Å². The summed E-state index contributed by atoms with van der Waals surface area (Å²) in [6, 6.07) is 0.624. The molecule has 1 aliphatic rings. The highest BCUT2D eigenvalue weighted by molar-refractivity contribution is 4.80. The number of nitrogens with zero attached hydrogens (tertiary/aromatic N) is 1. The number of likely N-dealkylation sites (tertiary alicyclic amines) is 1. The molecular formula is C10H22N2O. The van der Waals surface area contributed by atoms with Crippen molar-refractivity contribution in [3.05, 3.63) is 0 Å². The van der Waals surface area contributed by atoms with Gasteiger partial charge in [0.05, 0.1) is 0 Å². The molecule has 1 heterocycles. The van der Waals surface area contributed by atoms with Crippen LogP contribution in [0.3, 0.4) is 0 Å². The SMILES string of the molecule is COCC(C)CN1CCCC1CN. The first-order valence-corrected chi connectivity index (χ1v) is 5.21. The van der Waals surface area contributed by atoms with Gasteiger partial charge in [-0.2, -0.15) is 0 Å².